The molecule has 0 saturated carbocycles. The van der Waals surface area contributed by atoms with E-state index < -0.39 is 26.4 Å². The molecule has 0 unspecified atom stereocenters. The van der Waals surface area contributed by atoms with E-state index in [1.54, 1.807) is 0 Å². The molecule has 0 bridgehead atoms. The fourth-order valence-electron chi connectivity index (χ4n) is 1.47. The second kappa shape index (κ2) is 5.54. The summed E-state index contributed by atoms with van der Waals surface area (Å²) in [7, 11) is -4.10. The number of nitro groups is 1. The molecule has 2 rings (SSSR count). The van der Waals surface area contributed by atoms with Gasteiger partial charge in [0, 0.05) is 12.3 Å². The molecule has 0 radical (unpaired) electrons. The number of rotatable bonds is 4. The first-order chi connectivity index (χ1) is 9.81. The number of phenolic OH excluding ortho intramolecular Hbond substituents is 1. The Balaban J connectivity index is 2.43. The van der Waals surface area contributed by atoms with Gasteiger partial charge in [0.2, 0.25) is 0 Å². The number of sulfonamides is 1. The normalized spacial score (nSPS) is 11.1. The van der Waals surface area contributed by atoms with Crippen molar-refractivity contribution < 1.29 is 18.4 Å². The zero-order chi connectivity index (χ0) is 15.6. The van der Waals surface area contributed by atoms with Gasteiger partial charge in [-0.1, -0.05) is 11.6 Å². The molecule has 8 nitrogen and oxygen atoms in total. The van der Waals surface area contributed by atoms with Gasteiger partial charge in [-0.15, -0.1) is 0 Å². The van der Waals surface area contributed by atoms with E-state index in [0.717, 1.165) is 18.2 Å². The minimum atomic E-state index is -4.10. The van der Waals surface area contributed by atoms with Crippen LogP contribution < -0.4 is 4.72 Å². The zero-order valence-corrected chi connectivity index (χ0v) is 11.8. The lowest BCUT2D eigenvalue weighted by atomic mass is 10.3. The van der Waals surface area contributed by atoms with Crippen molar-refractivity contribution in [1.82, 2.24) is 4.98 Å². The standard InChI is InChI=1S/C11H8ClN3O5S/c12-8-3-4-13-6-9(8)14-21(19,20)7-1-2-11(16)10(5-7)15(17)18/h1-6,14,16H. The van der Waals surface area contributed by atoms with Gasteiger partial charge in [0.25, 0.3) is 10.0 Å². The van der Waals surface area contributed by atoms with Crippen LogP contribution in [0.4, 0.5) is 11.4 Å². The Kier molecular flexibility index (Phi) is 3.96. The molecular formula is C11H8ClN3O5S. The average molecular weight is 330 g/mol. The van der Waals surface area contributed by atoms with Gasteiger partial charge < -0.3 is 5.11 Å². The molecule has 0 fully saturated rings. The Morgan fingerprint density at radius 2 is 2.05 bits per heavy atom. The number of pyridine rings is 1. The van der Waals surface area contributed by atoms with E-state index in [-0.39, 0.29) is 15.6 Å². The van der Waals surface area contributed by atoms with E-state index in [4.69, 9.17) is 11.6 Å². The van der Waals surface area contributed by atoms with Crippen LogP contribution in [0.15, 0.2) is 41.6 Å². The SMILES string of the molecule is O=[N+]([O-])c1cc(S(=O)(=O)Nc2cnccc2Cl)ccc1O. The number of nitrogens with zero attached hydrogens (tertiary/aromatic N) is 2. The van der Waals surface area contributed by atoms with Crippen molar-refractivity contribution in [2.45, 2.75) is 4.90 Å². The second-order valence-corrected chi connectivity index (χ2v) is 5.96. The largest absolute Gasteiger partial charge is 0.502 e. The number of hydrogen-bond acceptors (Lipinski definition) is 6. The smallest absolute Gasteiger partial charge is 0.312 e. The summed E-state index contributed by atoms with van der Waals surface area (Å²) in [6.07, 6.45) is 2.58. The number of phenols is 1. The summed E-state index contributed by atoms with van der Waals surface area (Å²) in [6.45, 7) is 0. The zero-order valence-electron chi connectivity index (χ0n) is 10.2. The number of aromatic hydroxyl groups is 1. The van der Waals surface area contributed by atoms with Crippen LogP contribution in [0, 0.1) is 10.1 Å². The predicted molar refractivity (Wildman–Crippen MR) is 74.8 cm³/mol. The van der Waals surface area contributed by atoms with Crippen molar-refractivity contribution in [2.24, 2.45) is 0 Å². The molecule has 1 heterocycles. The highest BCUT2D eigenvalue weighted by Crippen LogP contribution is 2.30. The summed E-state index contributed by atoms with van der Waals surface area (Å²) in [5, 5.41) is 20.2. The summed E-state index contributed by atoms with van der Waals surface area (Å²) in [4.78, 5) is 13.2. The molecule has 2 aromatic rings. The van der Waals surface area contributed by atoms with Crippen molar-refractivity contribution >= 4 is 33.0 Å². The molecule has 0 spiro atoms. The lowest BCUT2D eigenvalue weighted by molar-refractivity contribution is -0.386. The number of halogens is 1. The number of anilines is 1. The maximum atomic E-state index is 12.1. The van der Waals surface area contributed by atoms with Crippen LogP contribution in [-0.4, -0.2) is 23.4 Å². The topological polar surface area (TPSA) is 122 Å². The van der Waals surface area contributed by atoms with Gasteiger partial charge in [0.1, 0.15) is 0 Å². The van der Waals surface area contributed by atoms with Crippen LogP contribution in [0.5, 0.6) is 5.75 Å². The predicted octanol–water partition coefficient (Wildman–Crippen LogP) is 2.15. The first kappa shape index (κ1) is 15.0. The molecule has 1 aromatic heterocycles. The number of nitrogens with one attached hydrogen (secondary N) is 1. The molecule has 0 amide bonds. The van der Waals surface area contributed by atoms with E-state index in [2.05, 4.69) is 9.71 Å². The lowest BCUT2D eigenvalue weighted by Gasteiger charge is -2.09. The van der Waals surface area contributed by atoms with Crippen LogP contribution >= 0.6 is 11.6 Å². The number of nitro benzene ring substituents is 1. The Labute approximate surface area is 124 Å². The van der Waals surface area contributed by atoms with Crippen molar-refractivity contribution in [3.05, 3.63) is 51.8 Å². The average Bonchev–Trinajstić information content (AvgIpc) is 2.41. The van der Waals surface area contributed by atoms with Gasteiger partial charge in [-0.2, -0.15) is 0 Å². The van der Waals surface area contributed by atoms with Gasteiger partial charge in [0.15, 0.2) is 5.75 Å². The minimum absolute atomic E-state index is 0.0369. The van der Waals surface area contributed by atoms with Gasteiger partial charge in [-0.05, 0) is 18.2 Å². The highest BCUT2D eigenvalue weighted by molar-refractivity contribution is 7.92. The van der Waals surface area contributed by atoms with E-state index in [1.807, 2.05) is 0 Å². The highest BCUT2D eigenvalue weighted by Gasteiger charge is 2.22. The number of benzene rings is 1. The van der Waals surface area contributed by atoms with E-state index in [0.29, 0.717) is 0 Å². The molecule has 0 aliphatic heterocycles. The second-order valence-electron chi connectivity index (χ2n) is 3.87. The van der Waals surface area contributed by atoms with Crippen LogP contribution in [0.3, 0.4) is 0 Å². The van der Waals surface area contributed by atoms with Crippen molar-refractivity contribution in [3.8, 4) is 5.75 Å². The number of hydrogen-bond donors (Lipinski definition) is 2. The van der Waals surface area contributed by atoms with E-state index in [9.17, 15) is 23.6 Å². The Morgan fingerprint density at radius 3 is 2.67 bits per heavy atom. The summed E-state index contributed by atoms with van der Waals surface area (Å²) in [6, 6.07) is 4.10. The summed E-state index contributed by atoms with van der Waals surface area (Å²) in [5.74, 6) is -0.627. The maximum Gasteiger partial charge on any atom is 0.312 e. The molecule has 21 heavy (non-hydrogen) atoms. The van der Waals surface area contributed by atoms with Gasteiger partial charge in [-0.25, -0.2) is 8.42 Å². The van der Waals surface area contributed by atoms with Gasteiger partial charge >= 0.3 is 5.69 Å². The van der Waals surface area contributed by atoms with E-state index in [1.165, 1.54) is 18.5 Å². The molecule has 10 heteroatoms. The minimum Gasteiger partial charge on any atom is -0.502 e. The third-order valence-electron chi connectivity index (χ3n) is 2.47. The van der Waals surface area contributed by atoms with Crippen LogP contribution in [-0.2, 0) is 10.0 Å². The van der Waals surface area contributed by atoms with E-state index >= 15 is 0 Å². The molecule has 2 N–H and O–H groups in total. The van der Waals surface area contributed by atoms with Gasteiger partial charge in [-0.3, -0.25) is 19.8 Å². The monoisotopic (exact) mass is 329 g/mol. The van der Waals surface area contributed by atoms with Gasteiger partial charge in [0.05, 0.1) is 26.7 Å². The molecule has 0 aliphatic rings. The summed E-state index contributed by atoms with van der Waals surface area (Å²) < 4.78 is 26.4. The molecule has 110 valence electrons. The van der Waals surface area contributed by atoms with Crippen molar-refractivity contribution in [1.29, 1.82) is 0 Å². The molecular weight excluding hydrogens is 322 g/mol. The lowest BCUT2D eigenvalue weighted by Crippen LogP contribution is -2.13. The van der Waals surface area contributed by atoms with Crippen molar-refractivity contribution in [3.63, 3.8) is 0 Å². The third kappa shape index (κ3) is 3.20. The van der Waals surface area contributed by atoms with Crippen molar-refractivity contribution in [2.75, 3.05) is 4.72 Å². The van der Waals surface area contributed by atoms with Crippen LogP contribution in [0.25, 0.3) is 0 Å². The van der Waals surface area contributed by atoms with Crippen LogP contribution in [0.2, 0.25) is 5.02 Å². The number of aromatic nitrogens is 1. The van der Waals surface area contributed by atoms with Crippen LogP contribution in [0.1, 0.15) is 0 Å². The molecule has 0 aliphatic carbocycles. The maximum absolute atomic E-state index is 12.1. The molecule has 1 aromatic carbocycles. The fraction of sp³-hybridized carbons (Fsp3) is 0. The highest BCUT2D eigenvalue weighted by atomic mass is 35.5. The Bertz CT molecular complexity index is 809. The first-order valence-corrected chi connectivity index (χ1v) is 7.27. The Hall–Kier alpha value is -2.39. The quantitative estimate of drug-likeness (QED) is 0.654. The Morgan fingerprint density at radius 1 is 1.33 bits per heavy atom. The molecule has 0 saturated heterocycles. The summed E-state index contributed by atoms with van der Waals surface area (Å²) >= 11 is 5.81. The summed E-state index contributed by atoms with van der Waals surface area (Å²) in [5.41, 5.74) is -0.676. The fourth-order valence-corrected chi connectivity index (χ4v) is 2.77. The third-order valence-corrected chi connectivity index (χ3v) is 4.16. The first-order valence-electron chi connectivity index (χ1n) is 5.41. The molecule has 0 atom stereocenters.